The number of halogens is 1. The van der Waals surface area contributed by atoms with E-state index in [4.69, 9.17) is 11.6 Å². The highest BCUT2D eigenvalue weighted by Gasteiger charge is 2.09. The molecule has 0 saturated heterocycles. The maximum absolute atomic E-state index is 11.2. The van der Waals surface area contributed by atoms with Crippen LogP contribution in [-0.4, -0.2) is 18.1 Å². The molecule has 0 aliphatic rings. The van der Waals surface area contributed by atoms with Gasteiger partial charge in [-0.2, -0.15) is 0 Å². The fourth-order valence-electron chi connectivity index (χ4n) is 1.95. The second-order valence-corrected chi connectivity index (χ2v) is 4.60. The van der Waals surface area contributed by atoms with E-state index in [0.29, 0.717) is 17.9 Å². The number of hydrogen-bond acceptors (Lipinski definition) is 3. The second-order valence-electron chi connectivity index (χ2n) is 4.17. The van der Waals surface area contributed by atoms with Gasteiger partial charge in [0.2, 0.25) is 0 Å². The molecule has 0 atom stereocenters. The number of benzene rings is 1. The molecule has 1 aromatic heterocycles. The summed E-state index contributed by atoms with van der Waals surface area (Å²) in [6.07, 6.45) is 2.69. The van der Waals surface area contributed by atoms with Crippen molar-refractivity contribution in [3.63, 3.8) is 0 Å². The van der Waals surface area contributed by atoms with E-state index in [9.17, 15) is 4.79 Å². The van der Waals surface area contributed by atoms with E-state index in [0.717, 1.165) is 22.0 Å². The van der Waals surface area contributed by atoms with E-state index in [2.05, 4.69) is 9.72 Å². The molecule has 0 unspecified atom stereocenters. The molecule has 0 amide bonds. The molecule has 1 aromatic carbocycles. The first-order chi connectivity index (χ1) is 8.61. The quantitative estimate of drug-likeness (QED) is 0.798. The molecule has 2 rings (SSSR count). The van der Waals surface area contributed by atoms with Crippen molar-refractivity contribution in [2.24, 2.45) is 0 Å². The first kappa shape index (κ1) is 12.8. The van der Waals surface area contributed by atoms with Gasteiger partial charge in [0.05, 0.1) is 12.6 Å². The Morgan fingerprint density at radius 1 is 1.44 bits per heavy atom. The highest BCUT2D eigenvalue weighted by molar-refractivity contribution is 6.31. The van der Waals surface area contributed by atoms with Gasteiger partial charge in [-0.05, 0) is 42.7 Å². The van der Waals surface area contributed by atoms with Gasteiger partial charge in [0.25, 0.3) is 0 Å². The molecule has 4 heteroatoms. The minimum absolute atomic E-state index is 0.226. The van der Waals surface area contributed by atoms with Crippen LogP contribution < -0.4 is 0 Å². The lowest BCUT2D eigenvalue weighted by Crippen LogP contribution is -2.02. The monoisotopic (exact) mass is 263 g/mol. The number of hydrogen-bond donors (Lipinski definition) is 0. The number of rotatable bonds is 3. The number of aryl methyl sites for hydroxylation is 2. The lowest BCUT2D eigenvalue weighted by atomic mass is 10.0. The van der Waals surface area contributed by atoms with Crippen molar-refractivity contribution in [2.45, 2.75) is 19.8 Å². The lowest BCUT2D eigenvalue weighted by Gasteiger charge is -2.08. The Kier molecular flexibility index (Phi) is 3.82. The minimum Gasteiger partial charge on any atom is -0.469 e. The van der Waals surface area contributed by atoms with Gasteiger partial charge >= 0.3 is 5.97 Å². The molecular formula is C14H14ClNO2. The van der Waals surface area contributed by atoms with Crippen LogP contribution in [0.4, 0.5) is 0 Å². The molecule has 2 aromatic rings. The number of pyridine rings is 1. The highest BCUT2D eigenvalue weighted by atomic mass is 35.5. The van der Waals surface area contributed by atoms with Crippen molar-refractivity contribution in [2.75, 3.05) is 7.11 Å². The molecule has 0 saturated carbocycles. The largest absolute Gasteiger partial charge is 0.469 e. The van der Waals surface area contributed by atoms with Gasteiger partial charge in [0.1, 0.15) is 0 Å². The summed E-state index contributed by atoms with van der Waals surface area (Å²) in [6, 6.07) is 5.71. The Hall–Kier alpha value is -1.61. The number of fused-ring (bicyclic) bond motifs is 1. The molecule has 0 N–H and O–H groups in total. The predicted octanol–water partition coefficient (Wildman–Crippen LogP) is 3.30. The third kappa shape index (κ3) is 2.62. The van der Waals surface area contributed by atoms with Crippen LogP contribution in [0.5, 0.6) is 0 Å². The summed E-state index contributed by atoms with van der Waals surface area (Å²) in [5.41, 5.74) is 3.01. The second kappa shape index (κ2) is 5.36. The lowest BCUT2D eigenvalue weighted by molar-refractivity contribution is -0.140. The summed E-state index contributed by atoms with van der Waals surface area (Å²) < 4.78 is 4.65. The molecule has 0 bridgehead atoms. The zero-order valence-corrected chi connectivity index (χ0v) is 11.1. The average Bonchev–Trinajstić information content (AvgIpc) is 2.36. The van der Waals surface area contributed by atoms with Crippen LogP contribution in [0.2, 0.25) is 5.02 Å². The van der Waals surface area contributed by atoms with Crippen LogP contribution in [-0.2, 0) is 16.0 Å². The van der Waals surface area contributed by atoms with Gasteiger partial charge in [-0.3, -0.25) is 9.78 Å². The number of nitrogens with zero attached hydrogens (tertiary/aromatic N) is 1. The molecule has 0 spiro atoms. The SMILES string of the molecule is COC(=O)CCc1cc(Cl)cc2c(C)ccnc12. The highest BCUT2D eigenvalue weighted by Crippen LogP contribution is 2.25. The molecule has 0 fully saturated rings. The maximum atomic E-state index is 11.2. The van der Waals surface area contributed by atoms with Gasteiger partial charge < -0.3 is 4.74 Å². The van der Waals surface area contributed by atoms with Crippen molar-refractivity contribution in [3.05, 3.63) is 40.5 Å². The van der Waals surface area contributed by atoms with E-state index in [-0.39, 0.29) is 5.97 Å². The summed E-state index contributed by atoms with van der Waals surface area (Å²) in [6.45, 7) is 2.02. The molecule has 1 heterocycles. The van der Waals surface area contributed by atoms with Crippen LogP contribution >= 0.6 is 11.6 Å². The van der Waals surface area contributed by atoms with E-state index in [1.165, 1.54) is 7.11 Å². The van der Waals surface area contributed by atoms with Crippen LogP contribution in [0.25, 0.3) is 10.9 Å². The van der Waals surface area contributed by atoms with Crippen LogP contribution in [0.3, 0.4) is 0 Å². The number of esters is 1. The van der Waals surface area contributed by atoms with E-state index >= 15 is 0 Å². The number of aromatic nitrogens is 1. The summed E-state index contributed by atoms with van der Waals surface area (Å²) in [5, 5.41) is 1.70. The summed E-state index contributed by atoms with van der Waals surface area (Å²) in [4.78, 5) is 15.6. The Labute approximate surface area is 111 Å². The number of carbonyl (C=O) groups excluding carboxylic acids is 1. The molecule has 0 aliphatic carbocycles. The zero-order chi connectivity index (χ0) is 13.1. The Morgan fingerprint density at radius 3 is 2.94 bits per heavy atom. The van der Waals surface area contributed by atoms with Gasteiger partial charge in [0.15, 0.2) is 0 Å². The fourth-order valence-corrected chi connectivity index (χ4v) is 2.19. The molecule has 18 heavy (non-hydrogen) atoms. The molecular weight excluding hydrogens is 250 g/mol. The first-order valence-corrected chi connectivity index (χ1v) is 6.10. The van der Waals surface area contributed by atoms with E-state index < -0.39 is 0 Å². The normalized spacial score (nSPS) is 10.6. The van der Waals surface area contributed by atoms with Crippen LogP contribution in [0.1, 0.15) is 17.5 Å². The minimum atomic E-state index is -0.226. The third-order valence-corrected chi connectivity index (χ3v) is 3.15. The topological polar surface area (TPSA) is 39.2 Å². The number of ether oxygens (including phenoxy) is 1. The average molecular weight is 264 g/mol. The summed E-state index contributed by atoms with van der Waals surface area (Å²) in [7, 11) is 1.39. The van der Waals surface area contributed by atoms with Gasteiger partial charge in [-0.1, -0.05) is 11.6 Å². The molecule has 0 radical (unpaired) electrons. The zero-order valence-electron chi connectivity index (χ0n) is 10.4. The number of methoxy groups -OCH3 is 1. The molecule has 0 aliphatic heterocycles. The smallest absolute Gasteiger partial charge is 0.305 e. The summed E-state index contributed by atoms with van der Waals surface area (Å²) in [5.74, 6) is -0.226. The third-order valence-electron chi connectivity index (χ3n) is 2.93. The van der Waals surface area contributed by atoms with Crippen molar-refractivity contribution in [1.29, 1.82) is 0 Å². The van der Waals surface area contributed by atoms with E-state index in [1.54, 1.807) is 6.20 Å². The van der Waals surface area contributed by atoms with Crippen LogP contribution in [0.15, 0.2) is 24.4 Å². The summed E-state index contributed by atoms with van der Waals surface area (Å²) >= 11 is 6.10. The Bertz CT molecular complexity index is 596. The first-order valence-electron chi connectivity index (χ1n) is 5.72. The molecule has 3 nitrogen and oxygen atoms in total. The van der Waals surface area contributed by atoms with Crippen LogP contribution in [0, 0.1) is 6.92 Å². The Morgan fingerprint density at radius 2 is 2.22 bits per heavy atom. The van der Waals surface area contributed by atoms with Crippen molar-refractivity contribution >= 4 is 28.5 Å². The van der Waals surface area contributed by atoms with Gasteiger partial charge in [0, 0.05) is 23.0 Å². The number of carbonyl (C=O) groups is 1. The Balaban J connectivity index is 2.43. The maximum Gasteiger partial charge on any atom is 0.305 e. The van der Waals surface area contributed by atoms with Crippen molar-refractivity contribution in [1.82, 2.24) is 4.98 Å². The standard InChI is InChI=1S/C14H14ClNO2/c1-9-5-6-16-14-10(3-4-13(17)18-2)7-11(15)8-12(9)14/h5-8H,3-4H2,1-2H3. The predicted molar refractivity (Wildman–Crippen MR) is 71.8 cm³/mol. The van der Waals surface area contributed by atoms with Gasteiger partial charge in [-0.15, -0.1) is 0 Å². The van der Waals surface area contributed by atoms with Crippen molar-refractivity contribution in [3.8, 4) is 0 Å². The van der Waals surface area contributed by atoms with Gasteiger partial charge in [-0.25, -0.2) is 0 Å². The van der Waals surface area contributed by atoms with Crippen molar-refractivity contribution < 1.29 is 9.53 Å². The fraction of sp³-hybridized carbons (Fsp3) is 0.286. The molecule has 94 valence electrons. The van der Waals surface area contributed by atoms with E-state index in [1.807, 2.05) is 25.1 Å².